The van der Waals surface area contributed by atoms with Gasteiger partial charge in [-0.1, -0.05) is 29.8 Å². The van der Waals surface area contributed by atoms with Gasteiger partial charge in [-0.2, -0.15) is 5.26 Å². The molecule has 0 aliphatic rings. The van der Waals surface area contributed by atoms with Crippen molar-refractivity contribution in [3.05, 3.63) is 65.2 Å². The second-order valence-corrected chi connectivity index (χ2v) is 7.27. The first kappa shape index (κ1) is 18.6. The molecule has 0 unspecified atom stereocenters. The Bertz CT molecular complexity index is 867. The maximum Gasteiger partial charge on any atom is 0.251 e. The summed E-state index contributed by atoms with van der Waals surface area (Å²) < 4.78 is 26.3. The number of amides is 1. The Balaban J connectivity index is 1.97. The number of hydrogen-bond donors (Lipinski definition) is 2. The minimum atomic E-state index is -3.67. The van der Waals surface area contributed by atoms with E-state index in [-0.39, 0.29) is 23.8 Å². The monoisotopic (exact) mass is 357 g/mol. The summed E-state index contributed by atoms with van der Waals surface area (Å²) in [6, 6.07) is 15.4. The number of carbonyl (C=O) groups excluding carboxylic acids is 1. The van der Waals surface area contributed by atoms with Gasteiger partial charge in [-0.3, -0.25) is 4.79 Å². The molecule has 0 atom stereocenters. The van der Waals surface area contributed by atoms with Crippen LogP contribution in [-0.2, 0) is 16.6 Å². The Morgan fingerprint density at radius 2 is 1.72 bits per heavy atom. The highest BCUT2D eigenvalue weighted by atomic mass is 32.2. The SMILES string of the molecule is Cc1ccc(CNC(=O)c2ccc(S(=O)(=O)NCCC#N)cc2)cc1. The van der Waals surface area contributed by atoms with Gasteiger partial charge < -0.3 is 5.32 Å². The fraction of sp³-hybridized carbons (Fsp3) is 0.222. The molecule has 2 aromatic carbocycles. The molecule has 6 nitrogen and oxygen atoms in total. The van der Waals surface area contributed by atoms with Crippen LogP contribution in [0.4, 0.5) is 0 Å². The molecule has 0 radical (unpaired) electrons. The number of benzene rings is 2. The van der Waals surface area contributed by atoms with E-state index in [2.05, 4.69) is 10.0 Å². The molecule has 0 heterocycles. The zero-order valence-corrected chi connectivity index (χ0v) is 14.6. The van der Waals surface area contributed by atoms with Gasteiger partial charge in [-0.25, -0.2) is 13.1 Å². The Labute approximate surface area is 147 Å². The van der Waals surface area contributed by atoms with Crippen molar-refractivity contribution in [2.75, 3.05) is 6.54 Å². The molecule has 0 aromatic heterocycles. The van der Waals surface area contributed by atoms with E-state index in [1.807, 2.05) is 37.3 Å². The third kappa shape index (κ3) is 5.41. The fourth-order valence-electron chi connectivity index (χ4n) is 2.10. The maximum atomic E-state index is 12.1. The van der Waals surface area contributed by atoms with Crippen molar-refractivity contribution >= 4 is 15.9 Å². The summed E-state index contributed by atoms with van der Waals surface area (Å²) in [5, 5.41) is 11.2. The van der Waals surface area contributed by atoms with Crippen molar-refractivity contribution in [1.82, 2.24) is 10.0 Å². The molecule has 7 heteroatoms. The summed E-state index contributed by atoms with van der Waals surface area (Å²) in [6.45, 7) is 2.44. The molecule has 2 aromatic rings. The zero-order chi connectivity index (χ0) is 18.3. The lowest BCUT2D eigenvalue weighted by atomic mass is 10.1. The van der Waals surface area contributed by atoms with E-state index >= 15 is 0 Å². The molecule has 0 fully saturated rings. The van der Waals surface area contributed by atoms with Crippen molar-refractivity contribution in [3.8, 4) is 6.07 Å². The van der Waals surface area contributed by atoms with Gasteiger partial charge in [0, 0.05) is 25.1 Å². The largest absolute Gasteiger partial charge is 0.348 e. The van der Waals surface area contributed by atoms with Gasteiger partial charge in [0.2, 0.25) is 10.0 Å². The van der Waals surface area contributed by atoms with E-state index in [1.165, 1.54) is 24.3 Å². The maximum absolute atomic E-state index is 12.1. The summed E-state index contributed by atoms with van der Waals surface area (Å²) >= 11 is 0. The van der Waals surface area contributed by atoms with Crippen molar-refractivity contribution in [1.29, 1.82) is 5.26 Å². The lowest BCUT2D eigenvalue weighted by molar-refractivity contribution is 0.0951. The highest BCUT2D eigenvalue weighted by Crippen LogP contribution is 2.11. The second-order valence-electron chi connectivity index (χ2n) is 5.50. The van der Waals surface area contributed by atoms with Crippen molar-refractivity contribution in [2.45, 2.75) is 24.8 Å². The molecule has 1 amide bonds. The number of aryl methyl sites for hydroxylation is 1. The predicted molar refractivity (Wildman–Crippen MR) is 94.2 cm³/mol. The Kier molecular flexibility index (Phi) is 6.28. The number of nitrogens with one attached hydrogen (secondary N) is 2. The van der Waals surface area contributed by atoms with Crippen molar-refractivity contribution < 1.29 is 13.2 Å². The number of nitrogens with zero attached hydrogens (tertiary/aromatic N) is 1. The summed E-state index contributed by atoms with van der Waals surface area (Å²) in [7, 11) is -3.67. The molecular formula is C18H19N3O3S. The molecule has 0 aliphatic heterocycles. The quantitative estimate of drug-likeness (QED) is 0.741. The first-order chi connectivity index (χ1) is 11.9. The summed E-state index contributed by atoms with van der Waals surface area (Å²) in [4.78, 5) is 12.2. The number of rotatable bonds is 7. The normalized spacial score (nSPS) is 10.9. The zero-order valence-electron chi connectivity index (χ0n) is 13.8. The van der Waals surface area contributed by atoms with E-state index in [1.54, 1.807) is 0 Å². The minimum Gasteiger partial charge on any atom is -0.348 e. The number of nitriles is 1. The second kappa shape index (κ2) is 8.42. The van der Waals surface area contributed by atoms with Crippen LogP contribution in [0, 0.1) is 18.3 Å². The topological polar surface area (TPSA) is 99.1 Å². The Hall–Kier alpha value is -2.69. The lowest BCUT2D eigenvalue weighted by Gasteiger charge is -2.08. The molecule has 130 valence electrons. The molecule has 0 bridgehead atoms. The molecule has 0 saturated heterocycles. The first-order valence-corrected chi connectivity index (χ1v) is 9.21. The van der Waals surface area contributed by atoms with Crippen LogP contribution >= 0.6 is 0 Å². The average Bonchev–Trinajstić information content (AvgIpc) is 2.61. The van der Waals surface area contributed by atoms with Gasteiger partial charge in [-0.05, 0) is 36.8 Å². The number of sulfonamides is 1. The van der Waals surface area contributed by atoms with Gasteiger partial charge in [0.15, 0.2) is 0 Å². The van der Waals surface area contributed by atoms with Gasteiger partial charge in [0.1, 0.15) is 0 Å². The Morgan fingerprint density at radius 1 is 1.08 bits per heavy atom. The highest BCUT2D eigenvalue weighted by Gasteiger charge is 2.14. The third-order valence-corrected chi connectivity index (χ3v) is 5.01. The predicted octanol–water partition coefficient (Wildman–Crippen LogP) is 2.12. The van der Waals surface area contributed by atoms with Gasteiger partial charge in [0.05, 0.1) is 11.0 Å². The van der Waals surface area contributed by atoms with Crippen LogP contribution in [0.15, 0.2) is 53.4 Å². The third-order valence-electron chi connectivity index (χ3n) is 3.53. The average molecular weight is 357 g/mol. The molecule has 25 heavy (non-hydrogen) atoms. The van der Waals surface area contributed by atoms with Crippen LogP contribution in [0.2, 0.25) is 0 Å². The molecule has 2 rings (SSSR count). The van der Waals surface area contributed by atoms with E-state index in [9.17, 15) is 13.2 Å². The summed E-state index contributed by atoms with van der Waals surface area (Å²) in [5.74, 6) is -0.276. The smallest absolute Gasteiger partial charge is 0.251 e. The highest BCUT2D eigenvalue weighted by molar-refractivity contribution is 7.89. The molecule has 0 saturated carbocycles. The van der Waals surface area contributed by atoms with Crippen molar-refractivity contribution in [2.24, 2.45) is 0 Å². The standard InChI is InChI=1S/C18H19N3O3S/c1-14-3-5-15(6-4-14)13-20-18(22)16-7-9-17(10-8-16)25(23,24)21-12-2-11-19/h3-10,21H,2,12-13H2,1H3,(H,20,22). The Morgan fingerprint density at radius 3 is 2.32 bits per heavy atom. The van der Waals surface area contributed by atoms with E-state index in [0.29, 0.717) is 12.1 Å². The van der Waals surface area contributed by atoms with Gasteiger partial charge >= 0.3 is 0 Å². The van der Waals surface area contributed by atoms with E-state index in [4.69, 9.17) is 5.26 Å². The van der Waals surface area contributed by atoms with Crippen LogP contribution in [0.1, 0.15) is 27.9 Å². The minimum absolute atomic E-state index is 0.0532. The van der Waals surface area contributed by atoms with Crippen LogP contribution < -0.4 is 10.0 Å². The van der Waals surface area contributed by atoms with Crippen LogP contribution in [0.3, 0.4) is 0 Å². The number of carbonyl (C=O) groups is 1. The number of hydrogen-bond acceptors (Lipinski definition) is 4. The molecule has 2 N–H and O–H groups in total. The summed E-state index contributed by atoms with van der Waals surface area (Å²) in [5.41, 5.74) is 2.51. The molecule has 0 aliphatic carbocycles. The van der Waals surface area contributed by atoms with Crippen molar-refractivity contribution in [3.63, 3.8) is 0 Å². The van der Waals surface area contributed by atoms with Gasteiger partial charge in [-0.15, -0.1) is 0 Å². The van der Waals surface area contributed by atoms with Crippen LogP contribution in [-0.4, -0.2) is 20.9 Å². The van der Waals surface area contributed by atoms with E-state index < -0.39 is 10.0 Å². The first-order valence-electron chi connectivity index (χ1n) is 7.73. The van der Waals surface area contributed by atoms with Gasteiger partial charge in [0.25, 0.3) is 5.91 Å². The van der Waals surface area contributed by atoms with Crippen LogP contribution in [0.5, 0.6) is 0 Å². The summed E-state index contributed by atoms with van der Waals surface area (Å²) in [6.07, 6.45) is 0.0960. The van der Waals surface area contributed by atoms with Crippen LogP contribution in [0.25, 0.3) is 0 Å². The molecular weight excluding hydrogens is 338 g/mol. The fourth-order valence-corrected chi connectivity index (χ4v) is 3.13. The molecule has 0 spiro atoms. The lowest BCUT2D eigenvalue weighted by Crippen LogP contribution is -2.25. The van der Waals surface area contributed by atoms with E-state index in [0.717, 1.165) is 11.1 Å².